The van der Waals surface area contributed by atoms with Gasteiger partial charge in [0.1, 0.15) is 17.2 Å². The van der Waals surface area contributed by atoms with Crippen molar-refractivity contribution in [2.24, 2.45) is 0 Å². The van der Waals surface area contributed by atoms with Gasteiger partial charge in [-0.15, -0.1) is 0 Å². The molecule has 3 aromatic rings. The van der Waals surface area contributed by atoms with E-state index in [-0.39, 0.29) is 6.61 Å². The van der Waals surface area contributed by atoms with Gasteiger partial charge in [-0.3, -0.25) is 0 Å². The van der Waals surface area contributed by atoms with Crippen molar-refractivity contribution in [2.45, 2.75) is 13.5 Å². The van der Waals surface area contributed by atoms with Gasteiger partial charge in [-0.2, -0.15) is 0 Å². The minimum absolute atomic E-state index is 0.127. The summed E-state index contributed by atoms with van der Waals surface area (Å²) in [6, 6.07) is 17.1. The summed E-state index contributed by atoms with van der Waals surface area (Å²) < 4.78 is 10.9. The van der Waals surface area contributed by atoms with Crippen LogP contribution in [0.2, 0.25) is 0 Å². The van der Waals surface area contributed by atoms with Gasteiger partial charge in [-0.25, -0.2) is 0 Å². The van der Waals surface area contributed by atoms with Crippen LogP contribution in [0.1, 0.15) is 11.3 Å². The zero-order valence-corrected chi connectivity index (χ0v) is 11.6. The molecule has 2 aromatic carbocycles. The van der Waals surface area contributed by atoms with Crippen molar-refractivity contribution < 1.29 is 14.4 Å². The largest absolute Gasteiger partial charge is 0.457 e. The average molecular weight is 281 g/mol. The van der Waals surface area contributed by atoms with Gasteiger partial charge in [0.25, 0.3) is 0 Å². The molecule has 106 valence electrons. The zero-order chi connectivity index (χ0) is 14.7. The predicted octanol–water partition coefficient (Wildman–Crippen LogP) is 3.93. The van der Waals surface area contributed by atoms with E-state index in [1.165, 1.54) is 5.56 Å². The van der Waals surface area contributed by atoms with Crippen LogP contribution in [0.3, 0.4) is 0 Å². The third-order valence-electron chi connectivity index (χ3n) is 3.12. The lowest BCUT2D eigenvalue weighted by molar-refractivity contribution is 0.267. The smallest absolute Gasteiger partial charge is 0.167 e. The molecule has 0 spiro atoms. The van der Waals surface area contributed by atoms with Crippen LogP contribution in [0, 0.1) is 6.92 Å². The van der Waals surface area contributed by atoms with Crippen LogP contribution in [0.25, 0.3) is 11.3 Å². The van der Waals surface area contributed by atoms with Crippen LogP contribution < -0.4 is 4.74 Å². The van der Waals surface area contributed by atoms with E-state index in [0.29, 0.717) is 11.5 Å². The maximum atomic E-state index is 8.98. The number of hydrogen-bond donors (Lipinski definition) is 1. The Morgan fingerprint density at radius 2 is 1.62 bits per heavy atom. The normalized spacial score (nSPS) is 10.6. The number of nitrogens with zero attached hydrogens (tertiary/aromatic N) is 1. The maximum absolute atomic E-state index is 8.98. The highest BCUT2D eigenvalue weighted by Gasteiger charge is 2.06. The van der Waals surface area contributed by atoms with Crippen LogP contribution in [-0.4, -0.2) is 10.3 Å². The summed E-state index contributed by atoms with van der Waals surface area (Å²) >= 11 is 0. The first-order valence-corrected chi connectivity index (χ1v) is 6.66. The minimum atomic E-state index is -0.127. The van der Waals surface area contributed by atoms with Crippen molar-refractivity contribution >= 4 is 0 Å². The Labute approximate surface area is 122 Å². The van der Waals surface area contributed by atoms with Crippen molar-refractivity contribution in [3.8, 4) is 22.8 Å². The van der Waals surface area contributed by atoms with Gasteiger partial charge in [-0.05, 0) is 43.3 Å². The predicted molar refractivity (Wildman–Crippen MR) is 79.1 cm³/mol. The molecular formula is C17H15NO3. The Morgan fingerprint density at radius 3 is 2.19 bits per heavy atom. The molecular weight excluding hydrogens is 266 g/mol. The minimum Gasteiger partial charge on any atom is -0.457 e. The molecule has 21 heavy (non-hydrogen) atoms. The fraction of sp³-hybridized carbons (Fsp3) is 0.118. The van der Waals surface area contributed by atoms with E-state index >= 15 is 0 Å². The quantitative estimate of drug-likeness (QED) is 0.787. The molecule has 1 N–H and O–H groups in total. The lowest BCUT2D eigenvalue weighted by Crippen LogP contribution is -1.84. The van der Waals surface area contributed by atoms with Gasteiger partial charge >= 0.3 is 0 Å². The number of hydrogen-bond acceptors (Lipinski definition) is 4. The van der Waals surface area contributed by atoms with Crippen molar-refractivity contribution in [1.82, 2.24) is 5.16 Å². The maximum Gasteiger partial charge on any atom is 0.167 e. The summed E-state index contributed by atoms with van der Waals surface area (Å²) in [5, 5.41) is 12.7. The number of aryl methyl sites for hydroxylation is 1. The van der Waals surface area contributed by atoms with E-state index in [2.05, 4.69) is 5.16 Å². The van der Waals surface area contributed by atoms with E-state index in [9.17, 15) is 0 Å². The number of ether oxygens (including phenoxy) is 1. The molecule has 0 saturated heterocycles. The summed E-state index contributed by atoms with van der Waals surface area (Å²) in [7, 11) is 0. The van der Waals surface area contributed by atoms with Crippen molar-refractivity contribution in [3.05, 3.63) is 65.9 Å². The van der Waals surface area contributed by atoms with Crippen LogP contribution in [-0.2, 0) is 6.61 Å². The third-order valence-corrected chi connectivity index (χ3v) is 3.12. The van der Waals surface area contributed by atoms with E-state index in [0.717, 1.165) is 17.1 Å². The van der Waals surface area contributed by atoms with Crippen molar-refractivity contribution in [1.29, 1.82) is 0 Å². The molecule has 1 heterocycles. The lowest BCUT2D eigenvalue weighted by atomic mass is 10.1. The van der Waals surface area contributed by atoms with Crippen molar-refractivity contribution in [3.63, 3.8) is 0 Å². The van der Waals surface area contributed by atoms with E-state index in [4.69, 9.17) is 14.4 Å². The second kappa shape index (κ2) is 5.81. The first kappa shape index (κ1) is 13.4. The molecule has 0 unspecified atom stereocenters. The molecule has 0 fully saturated rings. The number of aliphatic hydroxyl groups is 1. The number of aliphatic hydroxyl groups excluding tert-OH is 1. The van der Waals surface area contributed by atoms with Gasteiger partial charge in [-0.1, -0.05) is 22.9 Å². The summed E-state index contributed by atoms with van der Waals surface area (Å²) in [6.45, 7) is 1.91. The molecule has 0 bridgehead atoms. The summed E-state index contributed by atoms with van der Waals surface area (Å²) in [5.74, 6) is 2.18. The fourth-order valence-electron chi connectivity index (χ4n) is 1.95. The number of benzene rings is 2. The number of aromatic nitrogens is 1. The molecule has 0 amide bonds. The third kappa shape index (κ3) is 3.12. The zero-order valence-electron chi connectivity index (χ0n) is 11.6. The standard InChI is InChI=1S/C17H15NO3/c1-12-2-6-15(7-3-12)20-16-8-4-13(5-9-16)17-10-14(11-19)18-21-17/h2-10,19H,11H2,1H3. The van der Waals surface area contributed by atoms with Crippen LogP contribution in [0.5, 0.6) is 11.5 Å². The average Bonchev–Trinajstić information content (AvgIpc) is 2.99. The summed E-state index contributed by atoms with van der Waals surface area (Å²) in [5.41, 5.74) is 2.60. The van der Waals surface area contributed by atoms with Gasteiger partial charge in [0, 0.05) is 11.6 Å². The van der Waals surface area contributed by atoms with Crippen LogP contribution >= 0.6 is 0 Å². The molecule has 3 rings (SSSR count). The van der Waals surface area contributed by atoms with Gasteiger partial charge in [0.2, 0.25) is 0 Å². The lowest BCUT2D eigenvalue weighted by Gasteiger charge is -2.06. The monoisotopic (exact) mass is 281 g/mol. The van der Waals surface area contributed by atoms with E-state index in [1.54, 1.807) is 6.07 Å². The van der Waals surface area contributed by atoms with Crippen LogP contribution in [0.15, 0.2) is 59.1 Å². The van der Waals surface area contributed by atoms with E-state index in [1.807, 2.05) is 55.5 Å². The molecule has 0 atom stereocenters. The highest BCUT2D eigenvalue weighted by molar-refractivity contribution is 5.58. The second-order valence-corrected chi connectivity index (χ2v) is 4.78. The van der Waals surface area contributed by atoms with Gasteiger partial charge in [0.05, 0.1) is 6.61 Å². The molecule has 1 aromatic heterocycles. The topological polar surface area (TPSA) is 55.5 Å². The Bertz CT molecular complexity index is 715. The Balaban J connectivity index is 1.76. The molecule has 0 radical (unpaired) electrons. The molecule has 4 heteroatoms. The first-order valence-electron chi connectivity index (χ1n) is 6.66. The summed E-state index contributed by atoms with van der Waals surface area (Å²) in [6.07, 6.45) is 0. The molecule has 0 aliphatic heterocycles. The Hall–Kier alpha value is -2.59. The molecule has 0 aliphatic rings. The number of rotatable bonds is 4. The fourth-order valence-corrected chi connectivity index (χ4v) is 1.95. The molecule has 0 aliphatic carbocycles. The summed E-state index contributed by atoms with van der Waals surface area (Å²) in [4.78, 5) is 0. The SMILES string of the molecule is Cc1ccc(Oc2ccc(-c3cc(CO)no3)cc2)cc1. The highest BCUT2D eigenvalue weighted by atomic mass is 16.5. The highest BCUT2D eigenvalue weighted by Crippen LogP contribution is 2.26. The molecule has 4 nitrogen and oxygen atoms in total. The van der Waals surface area contributed by atoms with Crippen molar-refractivity contribution in [2.75, 3.05) is 0 Å². The van der Waals surface area contributed by atoms with Gasteiger partial charge < -0.3 is 14.4 Å². The Morgan fingerprint density at radius 1 is 1.00 bits per heavy atom. The molecule has 0 saturated carbocycles. The van der Waals surface area contributed by atoms with E-state index < -0.39 is 0 Å². The first-order chi connectivity index (χ1) is 10.2. The second-order valence-electron chi connectivity index (χ2n) is 4.78. The van der Waals surface area contributed by atoms with Crippen LogP contribution in [0.4, 0.5) is 0 Å². The Kier molecular flexibility index (Phi) is 3.71. The van der Waals surface area contributed by atoms with Gasteiger partial charge in [0.15, 0.2) is 5.76 Å².